The number of aryl methyl sites for hydroxylation is 1. The van der Waals surface area contributed by atoms with Crippen molar-refractivity contribution >= 4 is 17.7 Å². The van der Waals surface area contributed by atoms with Crippen molar-refractivity contribution in [1.82, 2.24) is 15.1 Å². The Bertz CT molecular complexity index is 859. The van der Waals surface area contributed by atoms with Gasteiger partial charge in [0, 0.05) is 31.0 Å². The lowest BCUT2D eigenvalue weighted by Crippen LogP contribution is -2.31. The molecular weight excluding hydrogens is 330 g/mol. The highest BCUT2D eigenvalue weighted by Gasteiger charge is 2.16. The minimum Gasteiger partial charge on any atom is -0.360 e. The van der Waals surface area contributed by atoms with Crippen LogP contribution in [0.5, 0.6) is 0 Å². The topological polar surface area (TPSA) is 84.2 Å². The first-order valence-corrected chi connectivity index (χ1v) is 8.40. The normalized spacial score (nSPS) is 10.8. The number of carbonyl (C=O) groups is 1. The molecule has 0 unspecified atom stereocenters. The molecular formula is C19H21N5O2. The molecule has 0 aliphatic heterocycles. The molecule has 0 radical (unpaired) electrons. The van der Waals surface area contributed by atoms with Crippen molar-refractivity contribution in [1.29, 1.82) is 0 Å². The quantitative estimate of drug-likeness (QED) is 0.732. The summed E-state index contributed by atoms with van der Waals surface area (Å²) in [6.45, 7) is 6.62. The van der Waals surface area contributed by atoms with Gasteiger partial charge in [-0.05, 0) is 26.3 Å². The summed E-state index contributed by atoms with van der Waals surface area (Å²) in [6.07, 6.45) is 3.04. The number of rotatable bonds is 6. The van der Waals surface area contributed by atoms with Crippen molar-refractivity contribution in [2.45, 2.75) is 33.4 Å². The SMILES string of the molecule is Cc1cc(NC(=O)c2cnc(N(Cc3ccccc3)C(C)C)nc2)no1. The molecule has 7 nitrogen and oxygen atoms in total. The lowest BCUT2D eigenvalue weighted by atomic mass is 10.2. The molecule has 2 heterocycles. The van der Waals surface area contributed by atoms with Crippen molar-refractivity contribution in [2.24, 2.45) is 0 Å². The zero-order valence-electron chi connectivity index (χ0n) is 15.0. The van der Waals surface area contributed by atoms with E-state index in [0.29, 0.717) is 29.6 Å². The minimum absolute atomic E-state index is 0.216. The molecule has 0 aliphatic carbocycles. The van der Waals surface area contributed by atoms with E-state index >= 15 is 0 Å². The van der Waals surface area contributed by atoms with E-state index in [4.69, 9.17) is 4.52 Å². The van der Waals surface area contributed by atoms with E-state index in [1.807, 2.05) is 18.2 Å². The Labute approximate surface area is 152 Å². The third-order valence-corrected chi connectivity index (χ3v) is 3.85. The van der Waals surface area contributed by atoms with E-state index < -0.39 is 0 Å². The van der Waals surface area contributed by atoms with Crippen molar-refractivity contribution in [3.8, 4) is 0 Å². The predicted octanol–water partition coefficient (Wildman–Crippen LogP) is 3.44. The number of nitrogens with zero attached hydrogens (tertiary/aromatic N) is 4. The molecule has 134 valence electrons. The van der Waals surface area contributed by atoms with E-state index in [2.05, 4.69) is 51.3 Å². The highest BCUT2D eigenvalue weighted by Crippen LogP contribution is 2.16. The molecule has 1 aromatic carbocycles. The van der Waals surface area contributed by atoms with Crippen LogP contribution in [-0.4, -0.2) is 27.1 Å². The van der Waals surface area contributed by atoms with Gasteiger partial charge in [-0.15, -0.1) is 0 Å². The Hall–Kier alpha value is -3.22. The molecule has 0 fully saturated rings. The Morgan fingerprint density at radius 3 is 2.46 bits per heavy atom. The fraction of sp³-hybridized carbons (Fsp3) is 0.263. The molecule has 0 saturated carbocycles. The number of hydrogen-bond donors (Lipinski definition) is 1. The van der Waals surface area contributed by atoms with Gasteiger partial charge in [-0.3, -0.25) is 4.79 Å². The van der Waals surface area contributed by atoms with Gasteiger partial charge in [0.2, 0.25) is 5.95 Å². The summed E-state index contributed by atoms with van der Waals surface area (Å²) in [4.78, 5) is 23.1. The predicted molar refractivity (Wildman–Crippen MR) is 99.0 cm³/mol. The first-order chi connectivity index (χ1) is 12.5. The van der Waals surface area contributed by atoms with Gasteiger partial charge >= 0.3 is 0 Å². The Kier molecular flexibility index (Phi) is 5.26. The molecule has 2 aromatic heterocycles. The first-order valence-electron chi connectivity index (χ1n) is 8.40. The van der Waals surface area contributed by atoms with E-state index in [-0.39, 0.29) is 11.9 Å². The third-order valence-electron chi connectivity index (χ3n) is 3.85. The number of carbonyl (C=O) groups excluding carboxylic acids is 1. The molecule has 7 heteroatoms. The van der Waals surface area contributed by atoms with E-state index in [1.54, 1.807) is 13.0 Å². The van der Waals surface area contributed by atoms with E-state index in [9.17, 15) is 4.79 Å². The largest absolute Gasteiger partial charge is 0.360 e. The zero-order chi connectivity index (χ0) is 18.5. The number of amides is 1. The van der Waals surface area contributed by atoms with Gasteiger partial charge in [0.05, 0.1) is 5.56 Å². The lowest BCUT2D eigenvalue weighted by Gasteiger charge is -2.26. The Balaban J connectivity index is 1.73. The first kappa shape index (κ1) is 17.6. The number of benzene rings is 1. The summed E-state index contributed by atoms with van der Waals surface area (Å²) in [5.41, 5.74) is 1.53. The van der Waals surface area contributed by atoms with Gasteiger partial charge in [-0.2, -0.15) is 0 Å². The maximum absolute atomic E-state index is 12.2. The molecule has 26 heavy (non-hydrogen) atoms. The molecule has 0 atom stereocenters. The molecule has 0 bridgehead atoms. The minimum atomic E-state index is -0.330. The smallest absolute Gasteiger partial charge is 0.260 e. The highest BCUT2D eigenvalue weighted by molar-refractivity contribution is 6.03. The molecule has 0 aliphatic rings. The Morgan fingerprint density at radius 2 is 1.88 bits per heavy atom. The molecule has 0 saturated heterocycles. The van der Waals surface area contributed by atoms with Gasteiger partial charge in [0.1, 0.15) is 5.76 Å². The summed E-state index contributed by atoms with van der Waals surface area (Å²) >= 11 is 0. The van der Waals surface area contributed by atoms with Crippen LogP contribution in [0.25, 0.3) is 0 Å². The van der Waals surface area contributed by atoms with Crippen LogP contribution >= 0.6 is 0 Å². The number of nitrogens with one attached hydrogen (secondary N) is 1. The summed E-state index contributed by atoms with van der Waals surface area (Å²) in [5, 5.41) is 6.39. The van der Waals surface area contributed by atoms with Crippen LogP contribution in [-0.2, 0) is 6.54 Å². The zero-order valence-corrected chi connectivity index (χ0v) is 15.0. The van der Waals surface area contributed by atoms with Gasteiger partial charge in [0.15, 0.2) is 5.82 Å². The van der Waals surface area contributed by atoms with Gasteiger partial charge < -0.3 is 14.7 Å². The van der Waals surface area contributed by atoms with Crippen molar-refractivity contribution in [3.05, 3.63) is 65.7 Å². The van der Waals surface area contributed by atoms with Crippen LogP contribution in [0.15, 0.2) is 53.3 Å². The monoisotopic (exact) mass is 351 g/mol. The van der Waals surface area contributed by atoms with E-state index in [0.717, 1.165) is 0 Å². The number of anilines is 2. The molecule has 1 N–H and O–H groups in total. The van der Waals surface area contributed by atoms with Crippen molar-refractivity contribution in [3.63, 3.8) is 0 Å². The maximum Gasteiger partial charge on any atom is 0.260 e. The van der Waals surface area contributed by atoms with E-state index in [1.165, 1.54) is 18.0 Å². The molecule has 3 rings (SSSR count). The standard InChI is InChI=1S/C19H21N5O2/c1-13(2)24(12-15-7-5-4-6-8-15)19-20-10-16(11-21-19)18(25)22-17-9-14(3)26-23-17/h4-11,13H,12H2,1-3H3,(H,22,23,25). The van der Waals surface area contributed by atoms with Crippen LogP contribution in [0.3, 0.4) is 0 Å². The second-order valence-corrected chi connectivity index (χ2v) is 6.26. The second kappa shape index (κ2) is 7.77. The van der Waals surface area contributed by atoms with Crippen LogP contribution in [0.4, 0.5) is 11.8 Å². The molecule has 3 aromatic rings. The van der Waals surface area contributed by atoms with Crippen LogP contribution < -0.4 is 10.2 Å². The summed E-state index contributed by atoms with van der Waals surface area (Å²) < 4.78 is 4.93. The van der Waals surface area contributed by atoms with Gasteiger partial charge in [-0.1, -0.05) is 35.5 Å². The molecule has 1 amide bonds. The van der Waals surface area contributed by atoms with Gasteiger partial charge in [-0.25, -0.2) is 9.97 Å². The summed E-state index contributed by atoms with van der Waals surface area (Å²) in [6, 6.07) is 12.0. The second-order valence-electron chi connectivity index (χ2n) is 6.26. The lowest BCUT2D eigenvalue weighted by molar-refractivity contribution is 0.102. The van der Waals surface area contributed by atoms with Crippen molar-refractivity contribution < 1.29 is 9.32 Å². The van der Waals surface area contributed by atoms with Crippen LogP contribution in [0.2, 0.25) is 0 Å². The van der Waals surface area contributed by atoms with Crippen LogP contribution in [0, 0.1) is 6.92 Å². The third kappa shape index (κ3) is 4.24. The fourth-order valence-corrected chi connectivity index (χ4v) is 2.46. The molecule has 0 spiro atoms. The maximum atomic E-state index is 12.2. The highest BCUT2D eigenvalue weighted by atomic mass is 16.5. The van der Waals surface area contributed by atoms with Crippen LogP contribution in [0.1, 0.15) is 35.5 Å². The summed E-state index contributed by atoms with van der Waals surface area (Å²) in [7, 11) is 0. The Morgan fingerprint density at radius 1 is 1.19 bits per heavy atom. The fourth-order valence-electron chi connectivity index (χ4n) is 2.46. The van der Waals surface area contributed by atoms with Crippen molar-refractivity contribution in [2.75, 3.05) is 10.2 Å². The number of aromatic nitrogens is 3. The van der Waals surface area contributed by atoms with Gasteiger partial charge in [0.25, 0.3) is 5.91 Å². The summed E-state index contributed by atoms with van der Waals surface area (Å²) in [5.74, 6) is 1.24. The average molecular weight is 351 g/mol. The number of hydrogen-bond acceptors (Lipinski definition) is 6. The average Bonchev–Trinajstić information content (AvgIpc) is 3.05.